The van der Waals surface area contributed by atoms with Crippen LogP contribution in [0.2, 0.25) is 0 Å². The van der Waals surface area contributed by atoms with Gasteiger partial charge in [0.15, 0.2) is 12.3 Å². The minimum absolute atomic E-state index is 0.528. The highest BCUT2D eigenvalue weighted by Crippen LogP contribution is 2.32. The molecule has 0 heterocycles. The lowest BCUT2D eigenvalue weighted by molar-refractivity contribution is -0.123. The van der Waals surface area contributed by atoms with Crippen molar-refractivity contribution in [3.8, 4) is 0 Å². The third-order valence-electron chi connectivity index (χ3n) is 5.26. The molecule has 0 aromatic rings. The molecule has 4 atom stereocenters. The van der Waals surface area contributed by atoms with Crippen LogP contribution in [0.25, 0.3) is 0 Å². The van der Waals surface area contributed by atoms with E-state index in [-0.39, 0.29) is 0 Å². The highest BCUT2D eigenvalue weighted by Gasteiger charge is 2.41. The molecule has 130 valence electrons. The van der Waals surface area contributed by atoms with E-state index in [0.717, 1.165) is 31.6 Å². The van der Waals surface area contributed by atoms with Crippen molar-refractivity contribution < 1.29 is 18.3 Å². The van der Waals surface area contributed by atoms with Crippen LogP contribution < -0.4 is 0 Å². The first-order valence-corrected chi connectivity index (χ1v) is 9.13. The van der Waals surface area contributed by atoms with Crippen molar-refractivity contribution in [2.24, 2.45) is 11.8 Å². The molecule has 2 saturated carbocycles. The van der Waals surface area contributed by atoms with Crippen LogP contribution in [0.1, 0.15) is 65.2 Å². The van der Waals surface area contributed by atoms with Gasteiger partial charge in [0.1, 0.15) is 0 Å². The number of ether oxygens (including phenoxy) is 2. The highest BCUT2D eigenvalue weighted by molar-refractivity contribution is 4.90. The van der Waals surface area contributed by atoms with Gasteiger partial charge in [0, 0.05) is 13.2 Å². The summed E-state index contributed by atoms with van der Waals surface area (Å²) in [5, 5.41) is 0. The maximum Gasteiger partial charge on any atom is 0.160 e. The predicted octanol–water partition coefficient (Wildman–Crippen LogP) is 4.85. The third kappa shape index (κ3) is 5.16. The van der Waals surface area contributed by atoms with Crippen molar-refractivity contribution in [3.63, 3.8) is 0 Å². The molecule has 0 saturated heterocycles. The second-order valence-electron chi connectivity index (χ2n) is 7.23. The topological polar surface area (TPSA) is 18.5 Å². The molecule has 4 heteroatoms. The molecule has 0 aromatic heterocycles. The van der Waals surface area contributed by atoms with Crippen LogP contribution in [0.15, 0.2) is 0 Å². The minimum Gasteiger partial charge on any atom is -0.375 e. The van der Waals surface area contributed by atoms with Gasteiger partial charge in [-0.1, -0.05) is 33.1 Å². The Morgan fingerprint density at radius 3 is 2.05 bits per heavy atom. The average molecular weight is 318 g/mol. The Bertz CT molecular complexity index is 305. The Hall–Kier alpha value is -0.220. The lowest BCUT2D eigenvalue weighted by Gasteiger charge is -2.36. The summed E-state index contributed by atoms with van der Waals surface area (Å²) in [7, 11) is 0. The fourth-order valence-electron chi connectivity index (χ4n) is 3.54. The van der Waals surface area contributed by atoms with Gasteiger partial charge in [-0.2, -0.15) is 0 Å². The highest BCUT2D eigenvalue weighted by atomic mass is 19.2. The zero-order chi connectivity index (χ0) is 15.9. The van der Waals surface area contributed by atoms with Crippen LogP contribution in [0, 0.1) is 11.8 Å². The molecule has 0 bridgehead atoms. The average Bonchev–Trinajstić information content (AvgIpc) is 2.52. The first kappa shape index (κ1) is 18.1. The molecule has 2 aliphatic carbocycles. The Balaban J connectivity index is 1.70. The number of hydrogen-bond acceptors (Lipinski definition) is 2. The van der Waals surface area contributed by atoms with Crippen LogP contribution in [-0.4, -0.2) is 37.8 Å². The molecular weight excluding hydrogens is 286 g/mol. The van der Waals surface area contributed by atoms with Crippen molar-refractivity contribution >= 4 is 0 Å². The zero-order valence-electron chi connectivity index (χ0n) is 14.1. The quantitative estimate of drug-likeness (QED) is 0.625. The first-order valence-electron chi connectivity index (χ1n) is 9.13. The molecule has 4 unspecified atom stereocenters. The maximum absolute atomic E-state index is 14.2. The summed E-state index contributed by atoms with van der Waals surface area (Å²) in [6.07, 6.45) is 3.59. The van der Waals surface area contributed by atoms with Gasteiger partial charge < -0.3 is 9.47 Å². The number of halogens is 2. The Morgan fingerprint density at radius 1 is 0.864 bits per heavy atom. The van der Waals surface area contributed by atoms with Gasteiger partial charge in [-0.25, -0.2) is 8.78 Å². The van der Waals surface area contributed by atoms with Crippen molar-refractivity contribution in [1.82, 2.24) is 0 Å². The van der Waals surface area contributed by atoms with Gasteiger partial charge in [0.05, 0.1) is 12.2 Å². The van der Waals surface area contributed by atoms with Crippen LogP contribution in [0.3, 0.4) is 0 Å². The number of alkyl halides is 2. The summed E-state index contributed by atoms with van der Waals surface area (Å²) in [5.74, 6) is 1.33. The summed E-state index contributed by atoms with van der Waals surface area (Å²) < 4.78 is 39.6. The normalized spacial score (nSPS) is 39.8. The molecule has 22 heavy (non-hydrogen) atoms. The Morgan fingerprint density at radius 2 is 1.45 bits per heavy atom. The van der Waals surface area contributed by atoms with E-state index in [2.05, 4.69) is 13.8 Å². The zero-order valence-corrected chi connectivity index (χ0v) is 14.1. The third-order valence-corrected chi connectivity index (χ3v) is 5.26. The molecule has 0 N–H and O–H groups in total. The van der Waals surface area contributed by atoms with Gasteiger partial charge >= 0.3 is 0 Å². The van der Waals surface area contributed by atoms with E-state index in [1.54, 1.807) is 0 Å². The minimum atomic E-state index is -1.54. The summed E-state index contributed by atoms with van der Waals surface area (Å²) in [6.45, 7) is 5.46. The second kappa shape index (κ2) is 9.17. The first-order chi connectivity index (χ1) is 10.6. The molecule has 2 fully saturated rings. The smallest absolute Gasteiger partial charge is 0.160 e. The van der Waals surface area contributed by atoms with Crippen molar-refractivity contribution in [2.75, 3.05) is 13.2 Å². The lowest BCUT2D eigenvalue weighted by atomic mass is 9.83. The van der Waals surface area contributed by atoms with E-state index in [9.17, 15) is 8.78 Å². The predicted molar refractivity (Wildman–Crippen MR) is 84.5 cm³/mol. The summed E-state index contributed by atoms with van der Waals surface area (Å²) in [6, 6.07) is 0. The lowest BCUT2D eigenvalue weighted by Crippen LogP contribution is -2.47. The number of rotatable bonds is 7. The number of hydrogen-bond donors (Lipinski definition) is 0. The fraction of sp³-hybridized carbons (Fsp3) is 1.00. The molecular formula is C18H32F2O2. The molecule has 2 rings (SSSR count). The van der Waals surface area contributed by atoms with E-state index >= 15 is 0 Å². The van der Waals surface area contributed by atoms with Crippen molar-refractivity contribution in [1.29, 1.82) is 0 Å². The van der Waals surface area contributed by atoms with Crippen LogP contribution >= 0.6 is 0 Å². The summed E-state index contributed by atoms with van der Waals surface area (Å²) >= 11 is 0. The van der Waals surface area contributed by atoms with Gasteiger partial charge in [-0.05, 0) is 43.9 Å². The maximum atomic E-state index is 14.2. The molecule has 0 spiro atoms. The van der Waals surface area contributed by atoms with Crippen LogP contribution in [0.5, 0.6) is 0 Å². The molecule has 0 aromatic carbocycles. The SMILES string of the molecule is CCCCOC1CCC(OCC2CCC(C)CC2)C(F)C1F. The molecule has 2 aliphatic rings. The standard InChI is InChI=1S/C18H32F2O2/c1-3-4-11-21-15-9-10-16(18(20)17(15)19)22-12-14-7-5-13(2)6-8-14/h13-18H,3-12H2,1-2H3. The molecule has 2 nitrogen and oxygen atoms in total. The monoisotopic (exact) mass is 318 g/mol. The molecule has 0 amide bonds. The van der Waals surface area contributed by atoms with Gasteiger partial charge in [0.2, 0.25) is 0 Å². The van der Waals surface area contributed by atoms with E-state index in [1.165, 1.54) is 12.8 Å². The van der Waals surface area contributed by atoms with Crippen molar-refractivity contribution in [2.45, 2.75) is 89.8 Å². The largest absolute Gasteiger partial charge is 0.375 e. The van der Waals surface area contributed by atoms with Gasteiger partial charge in [-0.3, -0.25) is 0 Å². The van der Waals surface area contributed by atoms with E-state index in [1.807, 2.05) is 0 Å². The van der Waals surface area contributed by atoms with Crippen molar-refractivity contribution in [3.05, 3.63) is 0 Å². The second-order valence-corrected chi connectivity index (χ2v) is 7.23. The van der Waals surface area contributed by atoms with Crippen LogP contribution in [-0.2, 0) is 9.47 Å². The molecule has 0 aliphatic heterocycles. The summed E-state index contributed by atoms with van der Waals surface area (Å²) in [4.78, 5) is 0. The fourth-order valence-corrected chi connectivity index (χ4v) is 3.54. The molecule has 0 radical (unpaired) electrons. The Kier molecular flexibility index (Phi) is 7.55. The number of unbranched alkanes of at least 4 members (excludes halogenated alkanes) is 1. The van der Waals surface area contributed by atoms with E-state index in [0.29, 0.717) is 32.0 Å². The Labute approximate surface area is 133 Å². The van der Waals surface area contributed by atoms with E-state index < -0.39 is 24.6 Å². The van der Waals surface area contributed by atoms with Crippen LogP contribution in [0.4, 0.5) is 8.78 Å². The van der Waals surface area contributed by atoms with Gasteiger partial charge in [0.25, 0.3) is 0 Å². The summed E-state index contributed by atoms with van der Waals surface area (Å²) in [5.41, 5.74) is 0. The van der Waals surface area contributed by atoms with Gasteiger partial charge in [-0.15, -0.1) is 0 Å². The van der Waals surface area contributed by atoms with E-state index in [4.69, 9.17) is 9.47 Å².